The average molecular weight is 690 g/mol. The van der Waals surface area contributed by atoms with E-state index in [0.29, 0.717) is 0 Å². The van der Waals surface area contributed by atoms with Gasteiger partial charge in [-0.15, -0.1) is 0 Å². The largest absolute Gasteiger partial charge is 0.464 e. The molecule has 54 heavy (non-hydrogen) atoms. The third-order valence-corrected chi connectivity index (χ3v) is 10.6. The monoisotopic (exact) mass is 689 g/mol. The van der Waals surface area contributed by atoms with E-state index in [2.05, 4.69) is 205 Å². The number of furan rings is 1. The molecule has 0 aliphatic heterocycles. The topological polar surface area (TPSA) is 16.4 Å². The van der Waals surface area contributed by atoms with Crippen molar-refractivity contribution in [1.82, 2.24) is 0 Å². The molecular formula is C52H35NO. The maximum absolute atomic E-state index is 5.83. The van der Waals surface area contributed by atoms with Crippen molar-refractivity contribution in [3.63, 3.8) is 0 Å². The molecule has 1 aromatic heterocycles. The summed E-state index contributed by atoms with van der Waals surface area (Å²) in [5.74, 6) is 0. The van der Waals surface area contributed by atoms with Gasteiger partial charge in [0.1, 0.15) is 5.58 Å². The molecule has 2 nitrogen and oxygen atoms in total. The highest BCUT2D eigenvalue weighted by molar-refractivity contribution is 5.90. The van der Waals surface area contributed by atoms with E-state index in [0.717, 1.165) is 28.0 Å². The van der Waals surface area contributed by atoms with Crippen molar-refractivity contribution in [1.29, 1.82) is 0 Å². The predicted octanol–water partition coefficient (Wildman–Crippen LogP) is 14.9. The van der Waals surface area contributed by atoms with E-state index >= 15 is 0 Å². The molecule has 0 fully saturated rings. The van der Waals surface area contributed by atoms with Crippen molar-refractivity contribution < 1.29 is 4.42 Å². The predicted molar refractivity (Wildman–Crippen MR) is 228 cm³/mol. The standard InChI is InChI=1S/C52H35NO/c1-3-7-45-33-47(19-17-36(45)5-1)42-13-9-38(10-14-42)40-21-26-49(27-22-40)53(51-30-25-44-31-32-54-52(44)35-51)50-28-23-41(24-29-50)39-11-15-43(16-12-39)48-20-18-37-6-2-4-8-46(37)34-48/h1-35H. The summed E-state index contributed by atoms with van der Waals surface area (Å²) in [6, 6.07) is 74.2. The maximum Gasteiger partial charge on any atom is 0.135 e. The summed E-state index contributed by atoms with van der Waals surface area (Å²) in [4.78, 5) is 2.29. The zero-order valence-corrected chi connectivity index (χ0v) is 29.6. The van der Waals surface area contributed by atoms with Gasteiger partial charge in [0.15, 0.2) is 0 Å². The fourth-order valence-electron chi connectivity index (χ4n) is 7.58. The Morgan fingerprint density at radius 2 is 0.611 bits per heavy atom. The van der Waals surface area contributed by atoms with Crippen molar-refractivity contribution in [2.45, 2.75) is 0 Å². The summed E-state index contributed by atoms with van der Waals surface area (Å²) in [6.45, 7) is 0. The third kappa shape index (κ3) is 6.00. The molecule has 1 heterocycles. The number of benzene rings is 9. The minimum absolute atomic E-state index is 0.865. The van der Waals surface area contributed by atoms with Crippen LogP contribution in [0.2, 0.25) is 0 Å². The van der Waals surface area contributed by atoms with Crippen LogP contribution in [-0.2, 0) is 0 Å². The van der Waals surface area contributed by atoms with Crippen LogP contribution in [0.3, 0.4) is 0 Å². The summed E-state index contributed by atoms with van der Waals surface area (Å²) in [5.41, 5.74) is 13.6. The van der Waals surface area contributed by atoms with Crippen LogP contribution in [0, 0.1) is 0 Å². The smallest absolute Gasteiger partial charge is 0.135 e. The molecule has 0 aliphatic carbocycles. The van der Waals surface area contributed by atoms with Crippen molar-refractivity contribution in [2.24, 2.45) is 0 Å². The van der Waals surface area contributed by atoms with Gasteiger partial charge < -0.3 is 9.32 Å². The second-order valence-electron chi connectivity index (χ2n) is 13.9. The van der Waals surface area contributed by atoms with Gasteiger partial charge in [-0.05, 0) is 121 Å². The van der Waals surface area contributed by atoms with Gasteiger partial charge >= 0.3 is 0 Å². The van der Waals surface area contributed by atoms with Crippen molar-refractivity contribution >= 4 is 49.6 Å². The SMILES string of the molecule is c1ccc2cc(-c3ccc(-c4ccc(N(c5ccc(-c6ccc(-c7ccc8ccccc8c7)cc6)cc5)c5ccc6ccoc6c5)cc4)cc3)ccc2c1. The molecule has 0 amide bonds. The minimum Gasteiger partial charge on any atom is -0.464 e. The van der Waals surface area contributed by atoms with E-state index in [1.807, 2.05) is 6.07 Å². The summed E-state index contributed by atoms with van der Waals surface area (Å²) in [6.07, 6.45) is 1.75. The maximum atomic E-state index is 5.83. The van der Waals surface area contributed by atoms with E-state index in [-0.39, 0.29) is 0 Å². The lowest BCUT2D eigenvalue weighted by Crippen LogP contribution is -2.09. The Labute approximate surface area is 314 Å². The first kappa shape index (κ1) is 31.6. The van der Waals surface area contributed by atoms with Gasteiger partial charge in [0.25, 0.3) is 0 Å². The van der Waals surface area contributed by atoms with Crippen LogP contribution in [0.4, 0.5) is 17.1 Å². The Bertz CT molecular complexity index is 2740. The van der Waals surface area contributed by atoms with Crippen LogP contribution in [0.1, 0.15) is 0 Å². The molecule has 0 atom stereocenters. The molecule has 0 saturated carbocycles. The third-order valence-electron chi connectivity index (χ3n) is 10.6. The highest BCUT2D eigenvalue weighted by atomic mass is 16.3. The van der Waals surface area contributed by atoms with Gasteiger partial charge in [-0.3, -0.25) is 0 Å². The van der Waals surface area contributed by atoms with Gasteiger partial charge in [0.2, 0.25) is 0 Å². The number of hydrogen-bond donors (Lipinski definition) is 0. The molecule has 0 bridgehead atoms. The zero-order valence-electron chi connectivity index (χ0n) is 29.6. The molecule has 0 saturated heterocycles. The molecule has 10 rings (SSSR count). The second kappa shape index (κ2) is 13.4. The first-order valence-electron chi connectivity index (χ1n) is 18.4. The lowest BCUT2D eigenvalue weighted by atomic mass is 9.98. The van der Waals surface area contributed by atoms with Crippen molar-refractivity contribution in [3.05, 3.63) is 213 Å². The Hall–Kier alpha value is -7.16. The molecule has 2 heteroatoms. The van der Waals surface area contributed by atoms with E-state index < -0.39 is 0 Å². The molecule has 0 radical (unpaired) electrons. The van der Waals surface area contributed by atoms with Crippen molar-refractivity contribution in [2.75, 3.05) is 4.90 Å². The number of fused-ring (bicyclic) bond motifs is 3. The Morgan fingerprint density at radius 3 is 1.07 bits per heavy atom. The lowest BCUT2D eigenvalue weighted by Gasteiger charge is -2.26. The molecule has 0 spiro atoms. The summed E-state index contributed by atoms with van der Waals surface area (Å²) < 4.78 is 5.83. The van der Waals surface area contributed by atoms with Crippen LogP contribution < -0.4 is 4.90 Å². The van der Waals surface area contributed by atoms with Crippen LogP contribution in [0.25, 0.3) is 77.0 Å². The fourth-order valence-corrected chi connectivity index (χ4v) is 7.58. The molecule has 9 aromatic carbocycles. The summed E-state index contributed by atoms with van der Waals surface area (Å²) in [5, 5.41) is 6.12. The molecule has 10 aromatic rings. The van der Waals surface area contributed by atoms with Crippen LogP contribution in [0.5, 0.6) is 0 Å². The van der Waals surface area contributed by atoms with Gasteiger partial charge in [-0.25, -0.2) is 0 Å². The lowest BCUT2D eigenvalue weighted by molar-refractivity contribution is 0.616. The van der Waals surface area contributed by atoms with Crippen LogP contribution >= 0.6 is 0 Å². The van der Waals surface area contributed by atoms with Gasteiger partial charge in [-0.1, -0.05) is 146 Å². The Kier molecular flexibility index (Phi) is 7.85. The Balaban J connectivity index is 0.935. The van der Waals surface area contributed by atoms with E-state index in [9.17, 15) is 0 Å². The quantitative estimate of drug-likeness (QED) is 0.166. The van der Waals surface area contributed by atoms with Crippen LogP contribution in [-0.4, -0.2) is 0 Å². The number of hydrogen-bond acceptors (Lipinski definition) is 2. The molecule has 0 N–H and O–H groups in total. The first-order chi connectivity index (χ1) is 26.7. The van der Waals surface area contributed by atoms with E-state index in [1.165, 1.54) is 66.1 Å². The zero-order chi connectivity index (χ0) is 35.8. The van der Waals surface area contributed by atoms with E-state index in [4.69, 9.17) is 4.42 Å². The van der Waals surface area contributed by atoms with Gasteiger partial charge in [0.05, 0.1) is 6.26 Å². The molecular weight excluding hydrogens is 655 g/mol. The number of anilines is 3. The normalized spacial score (nSPS) is 11.3. The molecule has 0 unspecified atom stereocenters. The number of nitrogens with zero attached hydrogens (tertiary/aromatic N) is 1. The molecule has 0 aliphatic rings. The number of rotatable bonds is 7. The van der Waals surface area contributed by atoms with E-state index in [1.54, 1.807) is 6.26 Å². The highest BCUT2D eigenvalue weighted by Gasteiger charge is 2.15. The van der Waals surface area contributed by atoms with Gasteiger partial charge in [-0.2, -0.15) is 0 Å². The second-order valence-corrected chi connectivity index (χ2v) is 13.9. The Morgan fingerprint density at radius 1 is 0.259 bits per heavy atom. The first-order valence-corrected chi connectivity index (χ1v) is 18.4. The molecule has 254 valence electrons. The average Bonchev–Trinajstić information content (AvgIpc) is 3.72. The minimum atomic E-state index is 0.865. The van der Waals surface area contributed by atoms with Crippen molar-refractivity contribution in [3.8, 4) is 44.5 Å². The summed E-state index contributed by atoms with van der Waals surface area (Å²) in [7, 11) is 0. The fraction of sp³-hybridized carbons (Fsp3) is 0. The van der Waals surface area contributed by atoms with Crippen LogP contribution in [0.15, 0.2) is 217 Å². The summed E-state index contributed by atoms with van der Waals surface area (Å²) >= 11 is 0. The van der Waals surface area contributed by atoms with Gasteiger partial charge in [0, 0.05) is 28.5 Å². The highest BCUT2D eigenvalue weighted by Crippen LogP contribution is 2.39.